The number of hydrogen-bond acceptors (Lipinski definition) is 3. The Bertz CT molecular complexity index is 413. The van der Waals surface area contributed by atoms with Crippen LogP contribution in [0.1, 0.15) is 35.7 Å². The molecule has 1 fully saturated rings. The summed E-state index contributed by atoms with van der Waals surface area (Å²) in [5.41, 5.74) is 2.09. The Labute approximate surface area is 115 Å². The molecule has 1 aliphatic heterocycles. The summed E-state index contributed by atoms with van der Waals surface area (Å²) in [5, 5.41) is 9.10. The zero-order valence-electron chi connectivity index (χ0n) is 11.6. The highest BCUT2D eigenvalue weighted by Gasteiger charge is 2.23. The van der Waals surface area contributed by atoms with Crippen LogP contribution in [0.5, 0.6) is 0 Å². The van der Waals surface area contributed by atoms with Crippen molar-refractivity contribution < 1.29 is 9.90 Å². The number of likely N-dealkylation sites (tertiary alicyclic amines) is 1. The van der Waals surface area contributed by atoms with Crippen LogP contribution in [-0.2, 0) is 6.42 Å². The van der Waals surface area contributed by atoms with Gasteiger partial charge in [-0.25, -0.2) is 0 Å². The first-order chi connectivity index (χ1) is 9.22. The Morgan fingerprint density at radius 2 is 2.11 bits per heavy atom. The fraction of sp³-hybridized carbons (Fsp3) is 0.562. The molecule has 0 saturated carbocycles. The molecule has 3 nitrogen and oxygen atoms in total. The van der Waals surface area contributed by atoms with Crippen molar-refractivity contribution in [3.63, 3.8) is 0 Å². The largest absolute Gasteiger partial charge is 0.396 e. The van der Waals surface area contributed by atoms with Gasteiger partial charge in [-0.15, -0.1) is 0 Å². The number of nitrogens with zero attached hydrogens (tertiary/aromatic N) is 1. The van der Waals surface area contributed by atoms with Crippen LogP contribution in [0.15, 0.2) is 24.3 Å². The summed E-state index contributed by atoms with van der Waals surface area (Å²) < 4.78 is 0. The summed E-state index contributed by atoms with van der Waals surface area (Å²) >= 11 is 0. The zero-order valence-corrected chi connectivity index (χ0v) is 11.6. The summed E-state index contributed by atoms with van der Waals surface area (Å²) in [6, 6.07) is 7.98. The van der Waals surface area contributed by atoms with Crippen LogP contribution < -0.4 is 0 Å². The second-order valence-electron chi connectivity index (χ2n) is 5.44. The van der Waals surface area contributed by atoms with E-state index in [0.29, 0.717) is 12.5 Å². The number of Topliss-reactive ketones (excluding diaryl/α,β-unsaturated/α-hetero) is 1. The molecule has 1 aromatic carbocycles. The van der Waals surface area contributed by atoms with Crippen molar-refractivity contribution in [1.82, 2.24) is 4.90 Å². The van der Waals surface area contributed by atoms with E-state index in [4.69, 9.17) is 5.11 Å². The Hall–Kier alpha value is -1.19. The van der Waals surface area contributed by atoms with Gasteiger partial charge in [0.25, 0.3) is 0 Å². The quantitative estimate of drug-likeness (QED) is 0.798. The lowest BCUT2D eigenvalue weighted by atomic mass is 10.1. The van der Waals surface area contributed by atoms with Gasteiger partial charge in [0.2, 0.25) is 0 Å². The highest BCUT2D eigenvalue weighted by molar-refractivity contribution is 5.97. The van der Waals surface area contributed by atoms with Crippen LogP contribution in [0.2, 0.25) is 0 Å². The molecule has 0 bridgehead atoms. The number of hydrogen-bond donors (Lipinski definition) is 1. The van der Waals surface area contributed by atoms with Crippen molar-refractivity contribution in [1.29, 1.82) is 0 Å². The van der Waals surface area contributed by atoms with Crippen molar-refractivity contribution in [2.45, 2.75) is 26.2 Å². The van der Waals surface area contributed by atoms with Crippen molar-refractivity contribution in [3.05, 3.63) is 35.4 Å². The van der Waals surface area contributed by atoms with E-state index >= 15 is 0 Å². The summed E-state index contributed by atoms with van der Waals surface area (Å²) in [6.45, 7) is 4.63. The van der Waals surface area contributed by atoms with Crippen molar-refractivity contribution >= 4 is 5.78 Å². The van der Waals surface area contributed by atoms with Crippen molar-refractivity contribution in [3.8, 4) is 0 Å². The SMILES string of the molecule is CCCc1ccc(C(=O)CN2CCC(CO)C2)cc1. The molecule has 0 aromatic heterocycles. The van der Waals surface area contributed by atoms with Crippen molar-refractivity contribution in [2.24, 2.45) is 5.92 Å². The number of rotatable bonds is 6. The van der Waals surface area contributed by atoms with Gasteiger partial charge in [0.05, 0.1) is 6.54 Å². The van der Waals surface area contributed by atoms with Crippen LogP contribution >= 0.6 is 0 Å². The molecule has 0 amide bonds. The van der Waals surface area contributed by atoms with Gasteiger partial charge in [-0.05, 0) is 30.9 Å². The van der Waals surface area contributed by atoms with Gasteiger partial charge in [0.1, 0.15) is 0 Å². The average Bonchev–Trinajstić information content (AvgIpc) is 2.87. The number of ketones is 1. The average molecular weight is 261 g/mol. The minimum Gasteiger partial charge on any atom is -0.396 e. The van der Waals surface area contributed by atoms with E-state index in [2.05, 4.69) is 24.0 Å². The first-order valence-electron chi connectivity index (χ1n) is 7.18. The summed E-state index contributed by atoms with van der Waals surface area (Å²) in [5.74, 6) is 0.529. The molecule has 0 spiro atoms. The van der Waals surface area contributed by atoms with Gasteiger partial charge in [-0.3, -0.25) is 9.69 Å². The number of aliphatic hydroxyl groups is 1. The summed E-state index contributed by atoms with van der Waals surface area (Å²) in [7, 11) is 0. The van der Waals surface area contributed by atoms with Gasteiger partial charge < -0.3 is 5.11 Å². The Morgan fingerprint density at radius 1 is 1.37 bits per heavy atom. The van der Waals surface area contributed by atoms with Crippen LogP contribution in [0, 0.1) is 5.92 Å². The molecule has 19 heavy (non-hydrogen) atoms. The predicted octanol–water partition coefficient (Wildman–Crippen LogP) is 2.14. The van der Waals surface area contributed by atoms with Gasteiger partial charge in [-0.2, -0.15) is 0 Å². The molecule has 2 rings (SSSR count). The normalized spacial score (nSPS) is 19.8. The summed E-state index contributed by atoms with van der Waals surface area (Å²) in [4.78, 5) is 14.3. The third kappa shape index (κ3) is 3.88. The summed E-state index contributed by atoms with van der Waals surface area (Å²) in [6.07, 6.45) is 3.20. The first-order valence-corrected chi connectivity index (χ1v) is 7.18. The van der Waals surface area contributed by atoms with E-state index in [1.807, 2.05) is 12.1 Å². The minimum atomic E-state index is 0.182. The maximum atomic E-state index is 12.2. The standard InChI is InChI=1S/C16H23NO2/c1-2-3-13-4-6-15(7-5-13)16(19)11-17-9-8-14(10-17)12-18/h4-7,14,18H,2-3,8-12H2,1H3. The van der Waals surface area contributed by atoms with E-state index < -0.39 is 0 Å². The van der Waals surface area contributed by atoms with Gasteiger partial charge in [-0.1, -0.05) is 37.6 Å². The number of carbonyl (C=O) groups excluding carboxylic acids is 1. The Balaban J connectivity index is 1.89. The maximum Gasteiger partial charge on any atom is 0.176 e. The topological polar surface area (TPSA) is 40.5 Å². The molecular weight excluding hydrogens is 238 g/mol. The molecule has 1 heterocycles. The van der Waals surface area contributed by atoms with E-state index in [1.54, 1.807) is 0 Å². The Kier molecular flexibility index (Phi) is 5.11. The highest BCUT2D eigenvalue weighted by Crippen LogP contribution is 2.16. The van der Waals surface area contributed by atoms with Crippen molar-refractivity contribution in [2.75, 3.05) is 26.2 Å². The molecule has 1 saturated heterocycles. The molecule has 1 atom stereocenters. The van der Waals surface area contributed by atoms with E-state index in [9.17, 15) is 4.79 Å². The number of carbonyl (C=O) groups is 1. The molecule has 1 N–H and O–H groups in total. The molecular formula is C16H23NO2. The van der Waals surface area contributed by atoms with Crippen LogP contribution in [0.3, 0.4) is 0 Å². The minimum absolute atomic E-state index is 0.182. The molecule has 104 valence electrons. The lowest BCUT2D eigenvalue weighted by Gasteiger charge is -2.14. The second-order valence-corrected chi connectivity index (χ2v) is 5.44. The van der Waals surface area contributed by atoms with E-state index in [0.717, 1.165) is 37.9 Å². The number of aryl methyl sites for hydroxylation is 1. The fourth-order valence-electron chi connectivity index (χ4n) is 2.65. The second kappa shape index (κ2) is 6.83. The monoisotopic (exact) mass is 261 g/mol. The highest BCUT2D eigenvalue weighted by atomic mass is 16.3. The van der Waals surface area contributed by atoms with Gasteiger partial charge in [0.15, 0.2) is 5.78 Å². The zero-order chi connectivity index (χ0) is 13.7. The first kappa shape index (κ1) is 14.2. The smallest absolute Gasteiger partial charge is 0.176 e. The van der Waals surface area contributed by atoms with Crippen LogP contribution in [-0.4, -0.2) is 42.0 Å². The molecule has 1 unspecified atom stereocenters. The fourth-order valence-corrected chi connectivity index (χ4v) is 2.65. The maximum absolute atomic E-state index is 12.2. The van der Waals surface area contributed by atoms with Crippen LogP contribution in [0.4, 0.5) is 0 Å². The molecule has 1 aliphatic rings. The third-order valence-electron chi connectivity index (χ3n) is 3.81. The lowest BCUT2D eigenvalue weighted by Crippen LogP contribution is -2.28. The van der Waals surface area contributed by atoms with Gasteiger partial charge >= 0.3 is 0 Å². The molecule has 1 aromatic rings. The van der Waals surface area contributed by atoms with E-state index in [-0.39, 0.29) is 12.4 Å². The lowest BCUT2D eigenvalue weighted by molar-refractivity contribution is 0.0940. The van der Waals surface area contributed by atoms with Gasteiger partial charge in [0, 0.05) is 18.7 Å². The van der Waals surface area contributed by atoms with E-state index in [1.165, 1.54) is 5.56 Å². The van der Waals surface area contributed by atoms with Crippen LogP contribution in [0.25, 0.3) is 0 Å². The predicted molar refractivity (Wildman–Crippen MR) is 76.4 cm³/mol. The molecule has 3 heteroatoms. The molecule has 0 aliphatic carbocycles. The third-order valence-corrected chi connectivity index (χ3v) is 3.81. The number of aliphatic hydroxyl groups excluding tert-OH is 1. The Morgan fingerprint density at radius 3 is 2.68 bits per heavy atom. The number of benzene rings is 1. The molecule has 0 radical (unpaired) electrons.